The van der Waals surface area contributed by atoms with Crippen molar-refractivity contribution in [2.75, 3.05) is 16.0 Å². The number of carbonyl (C=O) groups excluding carboxylic acids is 2. The summed E-state index contributed by atoms with van der Waals surface area (Å²) >= 11 is 8.43. The number of nitrogens with two attached hydrogens (primary N) is 1. The molecule has 1 unspecified atom stereocenters. The number of allylic oxidation sites excluding steroid dienone is 3. The number of ketones is 1. The first kappa shape index (κ1) is 28.9. The van der Waals surface area contributed by atoms with Crippen LogP contribution in [0.4, 0.5) is 10.8 Å². The number of aromatic nitrogens is 2. The molecule has 0 saturated carbocycles. The summed E-state index contributed by atoms with van der Waals surface area (Å²) in [6.45, 7) is 6.19. The number of anilines is 2. The molecule has 0 spiro atoms. The molecule has 3 N–H and O–H groups in total. The number of nitriles is 1. The topological polar surface area (TPSA) is 125 Å². The van der Waals surface area contributed by atoms with Gasteiger partial charge in [0.2, 0.25) is 11.0 Å². The van der Waals surface area contributed by atoms with Crippen molar-refractivity contribution < 1.29 is 9.59 Å². The second-order valence-corrected chi connectivity index (χ2v) is 13.4. The molecule has 1 aliphatic carbocycles. The summed E-state index contributed by atoms with van der Waals surface area (Å²) in [5, 5.41) is 22.8. The lowest BCUT2D eigenvalue weighted by atomic mass is 9.68. The van der Waals surface area contributed by atoms with E-state index in [2.05, 4.69) is 42.4 Å². The van der Waals surface area contributed by atoms with E-state index in [-0.39, 0.29) is 28.7 Å². The van der Waals surface area contributed by atoms with Crippen LogP contribution in [0.3, 0.4) is 0 Å². The summed E-state index contributed by atoms with van der Waals surface area (Å²) in [5.41, 5.74) is 10.8. The first-order valence-electron chi connectivity index (χ1n) is 13.2. The van der Waals surface area contributed by atoms with Crippen LogP contribution in [0, 0.1) is 16.7 Å². The third-order valence-corrected chi connectivity index (χ3v) is 9.44. The lowest BCUT2D eigenvalue weighted by molar-refractivity contribution is -0.118. The van der Waals surface area contributed by atoms with E-state index in [4.69, 9.17) is 17.3 Å². The molecule has 2 aliphatic rings. The predicted molar refractivity (Wildman–Crippen MR) is 164 cm³/mol. The van der Waals surface area contributed by atoms with Crippen molar-refractivity contribution in [2.45, 2.75) is 50.3 Å². The number of Topliss-reactive ketones (excluding diaryl/α,β-unsaturated/α-hetero) is 1. The van der Waals surface area contributed by atoms with Gasteiger partial charge in [0.25, 0.3) is 0 Å². The maximum absolute atomic E-state index is 13.7. The highest BCUT2D eigenvalue weighted by Crippen LogP contribution is 2.50. The molecule has 0 radical (unpaired) electrons. The van der Waals surface area contributed by atoms with Crippen LogP contribution in [0.25, 0.3) is 0 Å². The van der Waals surface area contributed by atoms with Crippen LogP contribution in [0.15, 0.2) is 75.5 Å². The molecule has 11 heteroatoms. The fourth-order valence-corrected chi connectivity index (χ4v) is 7.02. The third kappa shape index (κ3) is 6.03. The van der Waals surface area contributed by atoms with Crippen LogP contribution >= 0.6 is 34.7 Å². The minimum atomic E-state index is -0.543. The van der Waals surface area contributed by atoms with Crippen molar-refractivity contribution in [3.8, 4) is 6.07 Å². The number of hydrogen-bond acceptors (Lipinski definition) is 9. The Morgan fingerprint density at radius 1 is 1.20 bits per heavy atom. The summed E-state index contributed by atoms with van der Waals surface area (Å²) in [7, 11) is 0. The molecule has 5 rings (SSSR count). The molecule has 41 heavy (non-hydrogen) atoms. The van der Waals surface area contributed by atoms with Crippen molar-refractivity contribution in [3.05, 3.63) is 87.3 Å². The largest absolute Gasteiger partial charge is 0.384 e. The Hall–Kier alpha value is -3.65. The molecule has 1 aromatic heterocycles. The Bertz CT molecular complexity index is 1600. The monoisotopic (exact) mass is 604 g/mol. The van der Waals surface area contributed by atoms with Gasteiger partial charge in [-0.2, -0.15) is 5.26 Å². The van der Waals surface area contributed by atoms with Gasteiger partial charge in [0.1, 0.15) is 5.82 Å². The summed E-state index contributed by atoms with van der Waals surface area (Å²) in [4.78, 5) is 27.9. The van der Waals surface area contributed by atoms with Gasteiger partial charge in [-0.3, -0.25) is 14.5 Å². The molecular formula is C30H29ClN6O2S2. The standard InChI is InChI=1S/C30H29ClN6O2S2/c1-4-17-5-7-18(8-6-17)25-21(15-32)27(33)37(22-13-30(2,3)14-23(38)26(22)25)28-35-36-29(41-28)40-16-24(39)34-20-11-9-19(31)10-12-20/h5-12,25H,4,13-14,16,33H2,1-3H3,(H,34,39). The molecular weight excluding hydrogens is 576 g/mol. The van der Waals surface area contributed by atoms with Gasteiger partial charge in [-0.05, 0) is 53.6 Å². The molecule has 0 saturated heterocycles. The van der Waals surface area contributed by atoms with Crippen LogP contribution in [-0.4, -0.2) is 27.6 Å². The van der Waals surface area contributed by atoms with Gasteiger partial charge in [-0.15, -0.1) is 10.2 Å². The number of nitrogens with zero attached hydrogens (tertiary/aromatic N) is 4. The second-order valence-electron chi connectivity index (χ2n) is 10.8. The molecule has 2 heterocycles. The zero-order valence-corrected chi connectivity index (χ0v) is 25.3. The summed E-state index contributed by atoms with van der Waals surface area (Å²) < 4.78 is 0.568. The zero-order valence-electron chi connectivity index (χ0n) is 22.9. The van der Waals surface area contributed by atoms with E-state index in [0.29, 0.717) is 44.2 Å². The zero-order chi connectivity index (χ0) is 29.3. The van der Waals surface area contributed by atoms with Crippen molar-refractivity contribution in [1.29, 1.82) is 5.26 Å². The lowest BCUT2D eigenvalue weighted by Gasteiger charge is -2.42. The Kier molecular flexibility index (Phi) is 8.23. The van der Waals surface area contributed by atoms with Crippen LogP contribution in [0.1, 0.15) is 50.7 Å². The van der Waals surface area contributed by atoms with Crippen LogP contribution < -0.4 is 16.0 Å². The van der Waals surface area contributed by atoms with Gasteiger partial charge in [-0.25, -0.2) is 0 Å². The quantitative estimate of drug-likeness (QED) is 0.296. The highest BCUT2D eigenvalue weighted by molar-refractivity contribution is 8.01. The molecule has 0 bridgehead atoms. The Morgan fingerprint density at radius 2 is 1.90 bits per heavy atom. The van der Waals surface area contributed by atoms with E-state index in [0.717, 1.165) is 17.7 Å². The first-order chi connectivity index (χ1) is 19.6. The Morgan fingerprint density at radius 3 is 2.56 bits per heavy atom. The number of benzene rings is 2. The maximum atomic E-state index is 13.7. The molecule has 2 aromatic carbocycles. The van der Waals surface area contributed by atoms with Gasteiger partial charge < -0.3 is 11.1 Å². The fraction of sp³-hybridized carbons (Fsp3) is 0.300. The van der Waals surface area contributed by atoms with E-state index >= 15 is 0 Å². The predicted octanol–water partition coefficient (Wildman–Crippen LogP) is 6.43. The number of hydrogen-bond donors (Lipinski definition) is 2. The number of halogens is 1. The van der Waals surface area contributed by atoms with Crippen LogP contribution in [-0.2, 0) is 16.0 Å². The summed E-state index contributed by atoms with van der Waals surface area (Å²) in [5.74, 6) is -0.362. The highest BCUT2D eigenvalue weighted by atomic mass is 35.5. The van der Waals surface area contributed by atoms with Gasteiger partial charge >= 0.3 is 0 Å². The van der Waals surface area contributed by atoms with E-state index < -0.39 is 5.92 Å². The van der Waals surface area contributed by atoms with Gasteiger partial charge in [-0.1, -0.05) is 79.7 Å². The minimum Gasteiger partial charge on any atom is -0.384 e. The maximum Gasteiger partial charge on any atom is 0.234 e. The fourth-order valence-electron chi connectivity index (χ4n) is 5.22. The smallest absolute Gasteiger partial charge is 0.234 e. The molecule has 1 amide bonds. The number of amides is 1. The number of nitrogens with one attached hydrogen (secondary N) is 1. The summed E-state index contributed by atoms with van der Waals surface area (Å²) in [6.07, 6.45) is 1.85. The number of aryl methyl sites for hydroxylation is 1. The van der Waals surface area contributed by atoms with Crippen LogP contribution in [0.2, 0.25) is 5.02 Å². The Labute approximate surface area is 252 Å². The SMILES string of the molecule is CCc1ccc(C2C(C#N)=C(N)N(c3nnc(SCC(=O)Nc4ccc(Cl)cc4)s3)C3=C2C(=O)CC(C)(C)C3)cc1. The van der Waals surface area contributed by atoms with Crippen molar-refractivity contribution >= 4 is 57.2 Å². The average molecular weight is 605 g/mol. The van der Waals surface area contributed by atoms with Crippen LogP contribution in [0.5, 0.6) is 0 Å². The van der Waals surface area contributed by atoms with Gasteiger partial charge in [0, 0.05) is 28.4 Å². The molecule has 0 fully saturated rings. The number of rotatable bonds is 7. The van der Waals surface area contributed by atoms with Gasteiger partial charge in [0.05, 0.1) is 23.3 Å². The normalized spacial score (nSPS) is 18.3. The second kappa shape index (κ2) is 11.7. The number of carbonyl (C=O) groups is 2. The molecule has 210 valence electrons. The first-order valence-corrected chi connectivity index (χ1v) is 15.3. The summed E-state index contributed by atoms with van der Waals surface area (Å²) in [6, 6.07) is 17.2. The lowest BCUT2D eigenvalue weighted by Crippen LogP contribution is -2.42. The van der Waals surface area contributed by atoms with E-state index in [1.54, 1.807) is 29.2 Å². The third-order valence-electron chi connectivity index (χ3n) is 7.14. The Balaban J connectivity index is 1.46. The van der Waals surface area contributed by atoms with Crippen molar-refractivity contribution in [1.82, 2.24) is 10.2 Å². The minimum absolute atomic E-state index is 0.00375. The van der Waals surface area contributed by atoms with Crippen molar-refractivity contribution in [2.24, 2.45) is 11.1 Å². The van der Waals surface area contributed by atoms with E-state index in [9.17, 15) is 14.9 Å². The molecule has 8 nitrogen and oxygen atoms in total. The highest BCUT2D eigenvalue weighted by Gasteiger charge is 2.45. The average Bonchev–Trinajstić information content (AvgIpc) is 3.40. The molecule has 1 aliphatic heterocycles. The molecule has 3 aromatic rings. The van der Waals surface area contributed by atoms with E-state index in [1.807, 2.05) is 24.3 Å². The van der Waals surface area contributed by atoms with Gasteiger partial charge in [0.15, 0.2) is 10.1 Å². The van der Waals surface area contributed by atoms with E-state index in [1.165, 1.54) is 28.7 Å². The molecule has 1 atom stereocenters. The number of thioether (sulfide) groups is 1. The van der Waals surface area contributed by atoms with Crippen molar-refractivity contribution in [3.63, 3.8) is 0 Å².